The van der Waals surface area contributed by atoms with E-state index in [9.17, 15) is 0 Å². The Bertz CT molecular complexity index is 343. The van der Waals surface area contributed by atoms with Crippen molar-refractivity contribution in [1.82, 2.24) is 0 Å². The topological polar surface area (TPSA) is 18.5 Å². The number of ether oxygens (including phenoxy) is 2. The van der Waals surface area contributed by atoms with Gasteiger partial charge in [0.2, 0.25) is 0 Å². The Kier molecular flexibility index (Phi) is 1.96. The number of hydrogen-bond acceptors (Lipinski definition) is 2. The van der Waals surface area contributed by atoms with E-state index in [1.165, 1.54) is 24.8 Å². The summed E-state index contributed by atoms with van der Waals surface area (Å²) in [5, 5.41) is 0. The molecule has 0 bridgehead atoms. The standard InChI is InChI=1S/C14H22O2/c1-10-6-5-8-13(4)9-7-11-14(10,13)16-12(2,3)15-11/h11H,1,5-9H2,2-4H3/t11-,13-,14-/m1/s1. The minimum Gasteiger partial charge on any atom is -0.344 e. The molecule has 3 atom stereocenters. The Morgan fingerprint density at radius 1 is 1.25 bits per heavy atom. The predicted molar refractivity (Wildman–Crippen MR) is 63.1 cm³/mol. The van der Waals surface area contributed by atoms with Crippen molar-refractivity contribution in [1.29, 1.82) is 0 Å². The van der Waals surface area contributed by atoms with E-state index in [2.05, 4.69) is 13.5 Å². The third-order valence-corrected chi connectivity index (χ3v) is 4.87. The molecule has 1 saturated heterocycles. The molecule has 3 rings (SSSR count). The summed E-state index contributed by atoms with van der Waals surface area (Å²) < 4.78 is 12.4. The van der Waals surface area contributed by atoms with E-state index in [1.807, 2.05) is 13.8 Å². The summed E-state index contributed by atoms with van der Waals surface area (Å²) in [7, 11) is 0. The van der Waals surface area contributed by atoms with Crippen molar-refractivity contribution in [3.05, 3.63) is 12.2 Å². The van der Waals surface area contributed by atoms with Crippen molar-refractivity contribution < 1.29 is 9.47 Å². The highest BCUT2D eigenvalue weighted by Gasteiger charge is 2.67. The maximum absolute atomic E-state index is 6.36. The van der Waals surface area contributed by atoms with Crippen molar-refractivity contribution in [2.75, 3.05) is 0 Å². The number of hydrogen-bond donors (Lipinski definition) is 0. The second-order valence-corrected chi connectivity index (χ2v) is 6.40. The fraction of sp³-hybridized carbons (Fsp3) is 0.857. The van der Waals surface area contributed by atoms with Gasteiger partial charge in [-0.2, -0.15) is 0 Å². The van der Waals surface area contributed by atoms with Gasteiger partial charge in [0, 0.05) is 5.41 Å². The van der Waals surface area contributed by atoms with Crippen LogP contribution in [0.1, 0.15) is 52.9 Å². The second-order valence-electron chi connectivity index (χ2n) is 6.40. The van der Waals surface area contributed by atoms with Gasteiger partial charge in [-0.25, -0.2) is 0 Å². The van der Waals surface area contributed by atoms with Gasteiger partial charge >= 0.3 is 0 Å². The minimum atomic E-state index is -0.438. The van der Waals surface area contributed by atoms with Crippen LogP contribution in [-0.4, -0.2) is 17.5 Å². The fourth-order valence-corrected chi connectivity index (χ4v) is 4.23. The molecule has 16 heavy (non-hydrogen) atoms. The lowest BCUT2D eigenvalue weighted by Gasteiger charge is -2.47. The van der Waals surface area contributed by atoms with Crippen molar-refractivity contribution in [2.24, 2.45) is 5.41 Å². The maximum Gasteiger partial charge on any atom is 0.164 e. The lowest BCUT2D eigenvalue weighted by atomic mass is 9.63. The molecule has 3 aliphatic rings. The van der Waals surface area contributed by atoms with E-state index in [0.717, 1.165) is 12.8 Å². The van der Waals surface area contributed by atoms with E-state index in [1.54, 1.807) is 0 Å². The van der Waals surface area contributed by atoms with Crippen molar-refractivity contribution in [2.45, 2.75) is 70.4 Å². The monoisotopic (exact) mass is 222 g/mol. The molecule has 1 heterocycles. The van der Waals surface area contributed by atoms with Gasteiger partial charge in [-0.15, -0.1) is 0 Å². The quantitative estimate of drug-likeness (QED) is 0.585. The molecule has 3 fully saturated rings. The second kappa shape index (κ2) is 2.91. The molecule has 0 aromatic rings. The first-order valence-corrected chi connectivity index (χ1v) is 6.46. The van der Waals surface area contributed by atoms with E-state index in [-0.39, 0.29) is 17.1 Å². The highest BCUT2D eigenvalue weighted by atomic mass is 16.8. The summed E-state index contributed by atoms with van der Waals surface area (Å²) in [4.78, 5) is 0. The van der Waals surface area contributed by atoms with Crippen LogP contribution in [-0.2, 0) is 9.47 Å². The zero-order chi connectivity index (χ0) is 11.6. The van der Waals surface area contributed by atoms with E-state index >= 15 is 0 Å². The van der Waals surface area contributed by atoms with Crippen LogP contribution in [0.15, 0.2) is 12.2 Å². The van der Waals surface area contributed by atoms with Gasteiger partial charge in [-0.1, -0.05) is 13.5 Å². The van der Waals surface area contributed by atoms with Crippen LogP contribution in [0.5, 0.6) is 0 Å². The van der Waals surface area contributed by atoms with Crippen LogP contribution in [0, 0.1) is 5.41 Å². The highest BCUT2D eigenvalue weighted by molar-refractivity contribution is 5.30. The summed E-state index contributed by atoms with van der Waals surface area (Å²) in [6, 6.07) is 0. The Labute approximate surface area is 98.0 Å². The third-order valence-electron chi connectivity index (χ3n) is 4.87. The van der Waals surface area contributed by atoms with Gasteiger partial charge in [0.15, 0.2) is 5.79 Å². The predicted octanol–water partition coefficient (Wildman–Crippen LogP) is 3.42. The molecule has 1 aliphatic heterocycles. The summed E-state index contributed by atoms with van der Waals surface area (Å²) in [6.07, 6.45) is 6.19. The van der Waals surface area contributed by atoms with E-state index in [4.69, 9.17) is 9.47 Å². The first kappa shape index (κ1) is 10.8. The van der Waals surface area contributed by atoms with Crippen molar-refractivity contribution >= 4 is 0 Å². The van der Waals surface area contributed by atoms with Gasteiger partial charge in [0.05, 0.1) is 6.10 Å². The molecule has 2 heteroatoms. The van der Waals surface area contributed by atoms with Crippen molar-refractivity contribution in [3.63, 3.8) is 0 Å². The summed E-state index contributed by atoms with van der Waals surface area (Å²) >= 11 is 0. The first-order chi connectivity index (χ1) is 7.40. The smallest absolute Gasteiger partial charge is 0.164 e. The molecule has 0 aromatic heterocycles. The Hall–Kier alpha value is -0.340. The average Bonchev–Trinajstić information content (AvgIpc) is 2.58. The third kappa shape index (κ3) is 1.10. The van der Waals surface area contributed by atoms with Gasteiger partial charge in [-0.3, -0.25) is 0 Å². The summed E-state index contributed by atoms with van der Waals surface area (Å²) in [5.41, 5.74) is 1.34. The molecule has 90 valence electrons. The molecular weight excluding hydrogens is 200 g/mol. The van der Waals surface area contributed by atoms with Gasteiger partial charge < -0.3 is 9.47 Å². The Balaban J connectivity index is 2.08. The van der Waals surface area contributed by atoms with Gasteiger partial charge in [-0.05, 0) is 51.5 Å². The molecule has 2 saturated carbocycles. The molecular formula is C14H22O2. The molecule has 2 nitrogen and oxygen atoms in total. The number of rotatable bonds is 0. The Morgan fingerprint density at radius 2 is 2.00 bits per heavy atom. The largest absolute Gasteiger partial charge is 0.344 e. The normalized spacial score (nSPS) is 50.2. The first-order valence-electron chi connectivity index (χ1n) is 6.46. The van der Waals surface area contributed by atoms with E-state index in [0.29, 0.717) is 0 Å². The Morgan fingerprint density at radius 3 is 2.75 bits per heavy atom. The molecule has 1 spiro atoms. The minimum absolute atomic E-state index is 0.186. The molecule has 0 radical (unpaired) electrons. The molecule has 0 N–H and O–H groups in total. The van der Waals surface area contributed by atoms with Crippen LogP contribution >= 0.6 is 0 Å². The molecule has 0 aromatic carbocycles. The van der Waals surface area contributed by atoms with Crippen LogP contribution in [0.3, 0.4) is 0 Å². The summed E-state index contributed by atoms with van der Waals surface area (Å²) in [5.74, 6) is -0.438. The van der Waals surface area contributed by atoms with Crippen LogP contribution in [0.2, 0.25) is 0 Å². The zero-order valence-corrected chi connectivity index (χ0v) is 10.6. The maximum atomic E-state index is 6.36. The van der Waals surface area contributed by atoms with Crippen molar-refractivity contribution in [3.8, 4) is 0 Å². The summed E-state index contributed by atoms with van der Waals surface area (Å²) in [6.45, 7) is 10.7. The lowest BCUT2D eigenvalue weighted by Crippen LogP contribution is -2.52. The average molecular weight is 222 g/mol. The molecule has 0 amide bonds. The molecule has 2 aliphatic carbocycles. The van der Waals surface area contributed by atoms with Crippen LogP contribution < -0.4 is 0 Å². The SMILES string of the molecule is C=C1CCC[C@]2(C)CC[C@H]3OC(C)(C)O[C@]132. The van der Waals surface area contributed by atoms with Gasteiger partial charge in [0.25, 0.3) is 0 Å². The molecule has 0 unspecified atom stereocenters. The zero-order valence-electron chi connectivity index (χ0n) is 10.6. The lowest BCUT2D eigenvalue weighted by molar-refractivity contribution is -0.186. The van der Waals surface area contributed by atoms with E-state index < -0.39 is 5.79 Å². The highest BCUT2D eigenvalue weighted by Crippen LogP contribution is 2.63. The van der Waals surface area contributed by atoms with Gasteiger partial charge in [0.1, 0.15) is 5.60 Å². The van der Waals surface area contributed by atoms with Crippen LogP contribution in [0.25, 0.3) is 0 Å². The van der Waals surface area contributed by atoms with Crippen LogP contribution in [0.4, 0.5) is 0 Å². The fourth-order valence-electron chi connectivity index (χ4n) is 4.23.